The summed E-state index contributed by atoms with van der Waals surface area (Å²) in [4.78, 5) is 9.05. The van der Waals surface area contributed by atoms with Gasteiger partial charge in [0.15, 0.2) is 0 Å². The Bertz CT molecular complexity index is 349. The summed E-state index contributed by atoms with van der Waals surface area (Å²) < 4.78 is 0. The molecule has 0 aliphatic rings. The van der Waals surface area contributed by atoms with Gasteiger partial charge in [0.25, 0.3) is 0 Å². The van der Waals surface area contributed by atoms with Gasteiger partial charge in [-0.25, -0.2) is 4.98 Å². The molecule has 0 aliphatic carbocycles. The molecule has 0 aliphatic heterocycles. The number of aromatic nitrogens is 1. The van der Waals surface area contributed by atoms with Gasteiger partial charge in [0.2, 0.25) is 0 Å². The van der Waals surface area contributed by atoms with Crippen molar-refractivity contribution in [3.63, 3.8) is 0 Å². The fourth-order valence-electron chi connectivity index (χ4n) is 1.94. The van der Waals surface area contributed by atoms with Crippen molar-refractivity contribution in [1.29, 1.82) is 0 Å². The van der Waals surface area contributed by atoms with Gasteiger partial charge in [-0.1, -0.05) is 13.0 Å². The number of anilines is 1. The van der Waals surface area contributed by atoms with E-state index in [9.17, 15) is 0 Å². The van der Waals surface area contributed by atoms with Crippen molar-refractivity contribution < 1.29 is 0 Å². The molecule has 0 saturated heterocycles. The van der Waals surface area contributed by atoms with Crippen LogP contribution in [-0.4, -0.2) is 43.6 Å². The minimum atomic E-state index is 0.0208. The van der Waals surface area contributed by atoms with Gasteiger partial charge in [-0.2, -0.15) is 0 Å². The first-order valence-electron chi connectivity index (χ1n) is 6.66. The van der Waals surface area contributed by atoms with Crippen LogP contribution in [0.15, 0.2) is 18.3 Å². The Morgan fingerprint density at radius 2 is 2.00 bits per heavy atom. The lowest BCUT2D eigenvalue weighted by Gasteiger charge is -2.27. The number of hydrogen-bond acceptors (Lipinski definition) is 4. The molecule has 1 atom stereocenters. The molecule has 0 radical (unpaired) electrons. The number of hydrogen-bond donors (Lipinski definition) is 1. The highest BCUT2D eigenvalue weighted by atomic mass is 15.2. The van der Waals surface area contributed by atoms with E-state index in [1.54, 1.807) is 0 Å². The van der Waals surface area contributed by atoms with Crippen LogP contribution in [-0.2, 0) is 0 Å². The second-order valence-corrected chi connectivity index (χ2v) is 5.00. The van der Waals surface area contributed by atoms with Crippen LogP contribution in [0.3, 0.4) is 0 Å². The molecule has 0 saturated carbocycles. The van der Waals surface area contributed by atoms with Crippen LogP contribution >= 0.6 is 0 Å². The average Bonchev–Trinajstić information content (AvgIpc) is 2.34. The molecule has 0 spiro atoms. The van der Waals surface area contributed by atoms with Crippen molar-refractivity contribution in [2.45, 2.75) is 26.3 Å². The van der Waals surface area contributed by atoms with Crippen molar-refractivity contribution in [2.75, 3.05) is 38.6 Å². The van der Waals surface area contributed by atoms with Gasteiger partial charge in [0.05, 0.1) is 0 Å². The van der Waals surface area contributed by atoms with Crippen molar-refractivity contribution >= 4 is 5.82 Å². The Balaban J connectivity index is 2.90. The minimum absolute atomic E-state index is 0.0208. The molecule has 0 amide bonds. The lowest BCUT2D eigenvalue weighted by atomic mass is 10.1. The number of nitrogens with two attached hydrogens (primary N) is 1. The van der Waals surface area contributed by atoms with Crippen LogP contribution in [0.1, 0.15) is 31.9 Å². The van der Waals surface area contributed by atoms with Crippen LogP contribution in [0.5, 0.6) is 0 Å². The Hall–Kier alpha value is -1.13. The summed E-state index contributed by atoms with van der Waals surface area (Å²) >= 11 is 0. The van der Waals surface area contributed by atoms with Crippen molar-refractivity contribution in [3.8, 4) is 0 Å². The lowest BCUT2D eigenvalue weighted by molar-refractivity contribution is 0.412. The van der Waals surface area contributed by atoms with Crippen LogP contribution < -0.4 is 10.6 Å². The molecule has 1 heterocycles. The fourth-order valence-corrected chi connectivity index (χ4v) is 1.94. The summed E-state index contributed by atoms with van der Waals surface area (Å²) in [6.45, 7) is 7.23. The molecule has 1 unspecified atom stereocenters. The average molecular weight is 250 g/mol. The first-order chi connectivity index (χ1) is 8.56. The summed E-state index contributed by atoms with van der Waals surface area (Å²) in [5.41, 5.74) is 7.16. The summed E-state index contributed by atoms with van der Waals surface area (Å²) in [7, 11) is 4.18. The molecular formula is C14H26N4. The van der Waals surface area contributed by atoms with E-state index in [0.717, 1.165) is 37.4 Å². The zero-order valence-corrected chi connectivity index (χ0v) is 12.1. The molecule has 0 aromatic carbocycles. The molecule has 1 aromatic rings. The van der Waals surface area contributed by atoms with E-state index < -0.39 is 0 Å². The molecule has 4 heteroatoms. The largest absolute Gasteiger partial charge is 0.355 e. The molecule has 1 aromatic heterocycles. The predicted octanol–water partition coefficient (Wildman–Crippen LogP) is 1.88. The third kappa shape index (κ3) is 4.27. The fraction of sp³-hybridized carbons (Fsp3) is 0.643. The number of rotatable bonds is 7. The van der Waals surface area contributed by atoms with E-state index in [0.29, 0.717) is 0 Å². The minimum Gasteiger partial charge on any atom is -0.355 e. The molecule has 0 bridgehead atoms. The van der Waals surface area contributed by atoms with Gasteiger partial charge >= 0.3 is 0 Å². The summed E-state index contributed by atoms with van der Waals surface area (Å²) in [5, 5.41) is 0. The van der Waals surface area contributed by atoms with Gasteiger partial charge in [-0.15, -0.1) is 0 Å². The quantitative estimate of drug-likeness (QED) is 0.802. The Kier molecular flexibility index (Phi) is 6.09. The molecule has 0 fully saturated rings. The Morgan fingerprint density at radius 3 is 2.56 bits per heavy atom. The molecule has 18 heavy (non-hydrogen) atoms. The van der Waals surface area contributed by atoms with E-state index in [-0.39, 0.29) is 6.04 Å². The Labute approximate surface area is 111 Å². The van der Waals surface area contributed by atoms with Crippen LogP contribution in [0.25, 0.3) is 0 Å². The monoisotopic (exact) mass is 250 g/mol. The van der Waals surface area contributed by atoms with Crippen molar-refractivity contribution in [3.05, 3.63) is 23.9 Å². The zero-order chi connectivity index (χ0) is 13.5. The highest BCUT2D eigenvalue weighted by Crippen LogP contribution is 2.22. The Morgan fingerprint density at radius 1 is 1.28 bits per heavy atom. The predicted molar refractivity (Wildman–Crippen MR) is 77.9 cm³/mol. The normalized spacial score (nSPS) is 12.8. The first kappa shape index (κ1) is 14.9. The topological polar surface area (TPSA) is 45.4 Å². The standard InChI is InChI=1S/C14H26N4/c1-5-9-18(11-10-17(3)4)14-13(12(2)15)7-6-8-16-14/h6-8,12H,5,9-11,15H2,1-4H3. The van der Waals surface area contributed by atoms with Gasteiger partial charge in [0, 0.05) is 37.4 Å². The van der Waals surface area contributed by atoms with Crippen molar-refractivity contribution in [1.82, 2.24) is 9.88 Å². The molecule has 4 nitrogen and oxygen atoms in total. The van der Waals surface area contributed by atoms with Crippen molar-refractivity contribution in [2.24, 2.45) is 5.73 Å². The van der Waals surface area contributed by atoms with Gasteiger partial charge < -0.3 is 15.5 Å². The summed E-state index contributed by atoms with van der Waals surface area (Å²) in [6, 6.07) is 4.05. The molecule has 2 N–H and O–H groups in total. The number of pyridine rings is 1. The lowest BCUT2D eigenvalue weighted by Crippen LogP contribution is -2.34. The van der Waals surface area contributed by atoms with Crippen LogP contribution in [0.4, 0.5) is 5.82 Å². The number of likely N-dealkylation sites (N-methyl/N-ethyl adjacent to an activating group) is 1. The highest BCUT2D eigenvalue weighted by molar-refractivity contribution is 5.48. The smallest absolute Gasteiger partial charge is 0.133 e. The van der Waals surface area contributed by atoms with E-state index >= 15 is 0 Å². The molecule has 1 rings (SSSR count). The van der Waals surface area contributed by atoms with Crippen LogP contribution in [0.2, 0.25) is 0 Å². The second kappa shape index (κ2) is 7.34. The maximum Gasteiger partial charge on any atom is 0.133 e. The summed E-state index contributed by atoms with van der Waals surface area (Å²) in [5.74, 6) is 1.04. The highest BCUT2D eigenvalue weighted by Gasteiger charge is 2.14. The maximum absolute atomic E-state index is 6.03. The second-order valence-electron chi connectivity index (χ2n) is 5.00. The third-order valence-corrected chi connectivity index (χ3v) is 2.92. The van der Waals surface area contributed by atoms with Crippen LogP contribution in [0, 0.1) is 0 Å². The SMILES string of the molecule is CCCN(CCN(C)C)c1ncccc1C(C)N. The third-order valence-electron chi connectivity index (χ3n) is 2.92. The van der Waals surface area contributed by atoms with Gasteiger partial charge in [-0.3, -0.25) is 0 Å². The van der Waals surface area contributed by atoms with Gasteiger partial charge in [0.1, 0.15) is 5.82 Å². The van der Waals surface area contributed by atoms with E-state index in [1.165, 1.54) is 0 Å². The van der Waals surface area contributed by atoms with E-state index in [1.807, 2.05) is 19.2 Å². The number of nitrogens with zero attached hydrogens (tertiary/aromatic N) is 3. The molecule has 102 valence electrons. The first-order valence-corrected chi connectivity index (χ1v) is 6.66. The van der Waals surface area contributed by atoms with E-state index in [2.05, 4.69) is 41.9 Å². The maximum atomic E-state index is 6.03. The van der Waals surface area contributed by atoms with E-state index in [4.69, 9.17) is 5.73 Å². The van der Waals surface area contributed by atoms with Gasteiger partial charge in [-0.05, 0) is 33.5 Å². The molecular weight excluding hydrogens is 224 g/mol. The summed E-state index contributed by atoms with van der Waals surface area (Å²) in [6.07, 6.45) is 2.96. The zero-order valence-electron chi connectivity index (χ0n) is 12.1.